The van der Waals surface area contributed by atoms with Crippen molar-refractivity contribution in [3.05, 3.63) is 52.3 Å². The van der Waals surface area contributed by atoms with Crippen LogP contribution >= 0.6 is 22.9 Å². The predicted octanol–water partition coefficient (Wildman–Crippen LogP) is 2.61. The summed E-state index contributed by atoms with van der Waals surface area (Å²) in [5.41, 5.74) is 0.463. The summed E-state index contributed by atoms with van der Waals surface area (Å²) in [4.78, 5) is 12.1. The fourth-order valence-corrected chi connectivity index (χ4v) is 5.72. The lowest BCUT2D eigenvalue weighted by molar-refractivity contribution is -0.143. The highest BCUT2D eigenvalue weighted by Gasteiger charge is 2.18. The Balaban J connectivity index is 2.24. The first-order chi connectivity index (χ1) is 14.0. The first-order valence-corrected chi connectivity index (χ1v) is 13.1. The topological polar surface area (TPSA) is 112 Å². The van der Waals surface area contributed by atoms with Crippen molar-refractivity contribution < 1.29 is 26.4 Å². The van der Waals surface area contributed by atoms with Crippen molar-refractivity contribution in [2.24, 2.45) is 4.40 Å². The van der Waals surface area contributed by atoms with Gasteiger partial charge >= 0.3 is 5.97 Å². The van der Waals surface area contributed by atoms with Crippen LogP contribution in [0.3, 0.4) is 0 Å². The first-order valence-electron chi connectivity index (χ1n) is 8.57. The summed E-state index contributed by atoms with van der Waals surface area (Å²) in [6, 6.07) is 9.83. The molecule has 0 spiro atoms. The third kappa shape index (κ3) is 4.91. The van der Waals surface area contributed by atoms with Crippen LogP contribution in [0.25, 0.3) is 10.2 Å². The monoisotopic (exact) mass is 488 g/mol. The minimum absolute atomic E-state index is 0.0126. The fourth-order valence-electron chi connectivity index (χ4n) is 2.60. The Bertz CT molecular complexity index is 1390. The molecule has 8 nitrogen and oxygen atoms in total. The Labute approximate surface area is 182 Å². The van der Waals surface area contributed by atoms with Gasteiger partial charge in [-0.15, -0.1) is 4.40 Å². The van der Waals surface area contributed by atoms with Gasteiger partial charge in [-0.05, 0) is 49.4 Å². The van der Waals surface area contributed by atoms with Crippen LogP contribution in [0, 0.1) is 0 Å². The van der Waals surface area contributed by atoms with Crippen LogP contribution in [0.5, 0.6) is 0 Å². The van der Waals surface area contributed by atoms with Gasteiger partial charge in [-0.3, -0.25) is 4.79 Å². The number of benzene rings is 2. The molecule has 1 aromatic heterocycles. The highest BCUT2D eigenvalue weighted by Crippen LogP contribution is 2.23. The predicted molar refractivity (Wildman–Crippen MR) is 114 cm³/mol. The highest BCUT2D eigenvalue weighted by molar-refractivity contribution is 7.90. The van der Waals surface area contributed by atoms with Gasteiger partial charge in [-0.25, -0.2) is 8.42 Å². The molecule has 1 heterocycles. The van der Waals surface area contributed by atoms with Crippen LogP contribution in [0.4, 0.5) is 0 Å². The molecule has 0 aliphatic heterocycles. The van der Waals surface area contributed by atoms with Gasteiger partial charge < -0.3 is 9.30 Å². The molecule has 0 aliphatic rings. The minimum Gasteiger partial charge on any atom is -0.465 e. The van der Waals surface area contributed by atoms with Crippen LogP contribution in [0.2, 0.25) is 5.02 Å². The molecule has 0 unspecified atom stereocenters. The van der Waals surface area contributed by atoms with E-state index >= 15 is 0 Å². The van der Waals surface area contributed by atoms with Crippen molar-refractivity contribution in [3.63, 3.8) is 0 Å². The number of nitrogens with zero attached hydrogens (tertiary/aromatic N) is 2. The van der Waals surface area contributed by atoms with E-state index in [0.29, 0.717) is 15.2 Å². The number of hydrogen-bond donors (Lipinski definition) is 0. The van der Waals surface area contributed by atoms with E-state index < -0.39 is 25.8 Å². The average Bonchev–Trinajstić information content (AvgIpc) is 2.97. The summed E-state index contributed by atoms with van der Waals surface area (Å²) in [5.74, 6) is -0.574. The number of aromatic nitrogens is 1. The molecular weight excluding hydrogens is 472 g/mol. The minimum atomic E-state index is -4.10. The molecule has 0 saturated heterocycles. The van der Waals surface area contributed by atoms with Crippen molar-refractivity contribution in [1.82, 2.24) is 4.57 Å². The Morgan fingerprint density at radius 1 is 1.10 bits per heavy atom. The molecule has 2 aromatic carbocycles. The molecule has 3 rings (SSSR count). The number of carbonyl (C=O) groups excluding carboxylic acids is 1. The third-order valence-corrected chi connectivity index (χ3v) is 7.78. The summed E-state index contributed by atoms with van der Waals surface area (Å²) < 4.78 is 59.9. The van der Waals surface area contributed by atoms with Crippen LogP contribution in [0.15, 0.2) is 56.7 Å². The van der Waals surface area contributed by atoms with Gasteiger partial charge in [0.1, 0.15) is 6.54 Å². The summed E-state index contributed by atoms with van der Waals surface area (Å²) in [6.45, 7) is 1.54. The molecule has 0 aliphatic carbocycles. The van der Waals surface area contributed by atoms with E-state index in [-0.39, 0.29) is 27.7 Å². The molecule has 0 bridgehead atoms. The number of ether oxygens (including phenoxy) is 1. The van der Waals surface area contributed by atoms with Gasteiger partial charge in [0.2, 0.25) is 4.80 Å². The molecule has 0 radical (unpaired) electrons. The van der Waals surface area contributed by atoms with Crippen LogP contribution in [-0.2, 0) is 35.9 Å². The molecule has 0 amide bonds. The molecular formula is C18H17ClN2O6S3. The van der Waals surface area contributed by atoms with Crippen molar-refractivity contribution in [3.8, 4) is 0 Å². The number of thiazole rings is 1. The summed E-state index contributed by atoms with van der Waals surface area (Å²) >= 11 is 6.77. The maximum atomic E-state index is 12.8. The van der Waals surface area contributed by atoms with Crippen molar-refractivity contribution >= 4 is 59.0 Å². The van der Waals surface area contributed by atoms with E-state index in [0.717, 1.165) is 17.6 Å². The zero-order valence-corrected chi connectivity index (χ0v) is 19.1. The van der Waals surface area contributed by atoms with Gasteiger partial charge in [-0.1, -0.05) is 22.9 Å². The number of sulfone groups is 1. The smallest absolute Gasteiger partial charge is 0.326 e. The normalized spacial score (nSPS) is 13.0. The van der Waals surface area contributed by atoms with Crippen LogP contribution in [0.1, 0.15) is 6.92 Å². The average molecular weight is 489 g/mol. The Morgan fingerprint density at radius 3 is 2.33 bits per heavy atom. The van der Waals surface area contributed by atoms with Crippen molar-refractivity contribution in [2.45, 2.75) is 23.3 Å². The summed E-state index contributed by atoms with van der Waals surface area (Å²) in [7, 11) is -7.57. The molecule has 0 atom stereocenters. The van der Waals surface area contributed by atoms with Crippen molar-refractivity contribution in [1.29, 1.82) is 0 Å². The molecule has 0 N–H and O–H groups in total. The quantitative estimate of drug-likeness (QED) is 0.493. The lowest BCUT2D eigenvalue weighted by Crippen LogP contribution is -2.23. The molecule has 12 heteroatoms. The standard InChI is InChI=1S/C18H17ClN2O6S3/c1-3-27-17(22)11-21-15-9-8-14(29(2,23)24)10-16(15)28-18(21)20-30(25,26)13-6-4-12(19)5-7-13/h4-10H,3,11H2,1-2H3/b20-18-. The SMILES string of the molecule is CCOC(=O)Cn1/c(=N/S(=O)(=O)c2ccc(Cl)cc2)sc2cc(S(C)(=O)=O)ccc21. The Kier molecular flexibility index (Phi) is 6.37. The number of sulfonamides is 1. The fraction of sp³-hybridized carbons (Fsp3) is 0.222. The number of halogens is 1. The van der Waals surface area contributed by atoms with Crippen molar-refractivity contribution in [2.75, 3.05) is 12.9 Å². The lowest BCUT2D eigenvalue weighted by Gasteiger charge is -2.06. The second kappa shape index (κ2) is 8.50. The van der Waals surface area contributed by atoms with E-state index in [1.807, 2.05) is 0 Å². The van der Waals surface area contributed by atoms with Crippen LogP contribution in [-0.4, -0.2) is 40.2 Å². The number of hydrogen-bond acceptors (Lipinski definition) is 7. The molecule has 30 heavy (non-hydrogen) atoms. The highest BCUT2D eigenvalue weighted by atomic mass is 35.5. The van der Waals surface area contributed by atoms with E-state index in [9.17, 15) is 21.6 Å². The Hall–Kier alpha value is -2.21. The number of esters is 1. The largest absolute Gasteiger partial charge is 0.465 e. The van der Waals surface area contributed by atoms with E-state index in [4.69, 9.17) is 16.3 Å². The van der Waals surface area contributed by atoms with Gasteiger partial charge in [-0.2, -0.15) is 8.42 Å². The molecule has 160 valence electrons. The third-order valence-electron chi connectivity index (χ3n) is 3.98. The van der Waals surface area contributed by atoms with Gasteiger partial charge in [0.05, 0.1) is 26.6 Å². The lowest BCUT2D eigenvalue weighted by atomic mass is 10.3. The van der Waals surface area contributed by atoms with Gasteiger partial charge in [0.15, 0.2) is 9.84 Å². The zero-order chi connectivity index (χ0) is 22.1. The molecule has 0 fully saturated rings. The first kappa shape index (κ1) is 22.5. The van der Waals surface area contributed by atoms with Gasteiger partial charge in [0.25, 0.3) is 10.0 Å². The van der Waals surface area contributed by atoms with Gasteiger partial charge in [0, 0.05) is 11.3 Å². The number of fused-ring (bicyclic) bond motifs is 1. The second-order valence-corrected chi connectivity index (χ2v) is 11.3. The van der Waals surface area contributed by atoms with E-state index in [2.05, 4.69) is 4.40 Å². The summed E-state index contributed by atoms with van der Waals surface area (Å²) in [6.07, 6.45) is 1.07. The number of carbonyl (C=O) groups is 1. The molecule has 0 saturated carbocycles. The van der Waals surface area contributed by atoms with E-state index in [1.165, 1.54) is 47.0 Å². The zero-order valence-electron chi connectivity index (χ0n) is 15.9. The maximum absolute atomic E-state index is 12.8. The number of rotatable bonds is 6. The Morgan fingerprint density at radius 2 is 1.73 bits per heavy atom. The van der Waals surface area contributed by atoms with E-state index in [1.54, 1.807) is 6.92 Å². The molecule has 3 aromatic rings. The summed E-state index contributed by atoms with van der Waals surface area (Å²) in [5, 5.41) is 0.376. The van der Waals surface area contributed by atoms with Crippen LogP contribution < -0.4 is 4.80 Å². The maximum Gasteiger partial charge on any atom is 0.326 e. The second-order valence-electron chi connectivity index (χ2n) is 6.20.